The second kappa shape index (κ2) is 5.04. The topological polar surface area (TPSA) is 53.6 Å². The molecule has 0 bridgehead atoms. The van der Waals surface area contributed by atoms with Crippen molar-refractivity contribution in [2.45, 2.75) is 26.4 Å². The van der Waals surface area contributed by atoms with Crippen LogP contribution in [0, 0.1) is 0 Å². The highest BCUT2D eigenvalue weighted by Gasteiger charge is 1.99. The molecule has 2 heterocycles. The number of hydrogen-bond donors (Lipinski definition) is 2. The number of thiazole rings is 1. The monoisotopic (exact) mass is 222 g/mol. The summed E-state index contributed by atoms with van der Waals surface area (Å²) in [4.78, 5) is 5.60. The summed E-state index contributed by atoms with van der Waals surface area (Å²) in [6.07, 6.45) is 6.70. The van der Waals surface area contributed by atoms with E-state index in [1.807, 2.05) is 18.6 Å². The maximum Gasteiger partial charge on any atom is 0.0925 e. The SMILES string of the molecule is CCc1ncc(CNCc2cn[nH]c2)s1. The van der Waals surface area contributed by atoms with Gasteiger partial charge in [0, 0.05) is 35.9 Å². The van der Waals surface area contributed by atoms with Gasteiger partial charge in [-0.25, -0.2) is 4.98 Å². The molecular formula is C10H14N4S. The predicted molar refractivity (Wildman–Crippen MR) is 60.6 cm³/mol. The van der Waals surface area contributed by atoms with Crippen molar-refractivity contribution in [3.05, 3.63) is 34.0 Å². The van der Waals surface area contributed by atoms with Crippen LogP contribution < -0.4 is 5.32 Å². The Balaban J connectivity index is 1.78. The predicted octanol–water partition coefficient (Wildman–Crippen LogP) is 1.72. The average molecular weight is 222 g/mol. The fourth-order valence-corrected chi connectivity index (χ4v) is 2.13. The number of rotatable bonds is 5. The largest absolute Gasteiger partial charge is 0.308 e. The van der Waals surface area contributed by atoms with Gasteiger partial charge in [-0.1, -0.05) is 6.92 Å². The van der Waals surface area contributed by atoms with Crippen molar-refractivity contribution in [3.63, 3.8) is 0 Å². The zero-order valence-electron chi connectivity index (χ0n) is 8.66. The molecule has 0 saturated carbocycles. The number of hydrogen-bond acceptors (Lipinski definition) is 4. The zero-order valence-corrected chi connectivity index (χ0v) is 9.47. The van der Waals surface area contributed by atoms with Crippen LogP contribution in [0.3, 0.4) is 0 Å². The van der Waals surface area contributed by atoms with Crippen molar-refractivity contribution >= 4 is 11.3 Å². The Morgan fingerprint density at radius 1 is 1.40 bits per heavy atom. The molecule has 0 amide bonds. The standard InChI is InChI=1S/C10H14N4S/c1-2-10-12-7-9(15-10)6-11-3-8-4-13-14-5-8/h4-5,7,11H,2-3,6H2,1H3,(H,13,14). The van der Waals surface area contributed by atoms with Crippen LogP contribution in [0.1, 0.15) is 22.4 Å². The summed E-state index contributed by atoms with van der Waals surface area (Å²) < 4.78 is 0. The van der Waals surface area contributed by atoms with E-state index in [0.717, 1.165) is 19.5 Å². The second-order valence-electron chi connectivity index (χ2n) is 3.28. The molecule has 2 aromatic rings. The number of aryl methyl sites for hydroxylation is 1. The van der Waals surface area contributed by atoms with Gasteiger partial charge in [-0.3, -0.25) is 5.10 Å². The summed E-state index contributed by atoms with van der Waals surface area (Å²) >= 11 is 1.77. The molecule has 0 aromatic carbocycles. The van der Waals surface area contributed by atoms with Crippen LogP contribution in [0.4, 0.5) is 0 Å². The van der Waals surface area contributed by atoms with E-state index in [0.29, 0.717) is 0 Å². The van der Waals surface area contributed by atoms with Crippen molar-refractivity contribution in [2.24, 2.45) is 0 Å². The molecular weight excluding hydrogens is 208 g/mol. The third-order valence-corrected chi connectivity index (χ3v) is 3.23. The summed E-state index contributed by atoms with van der Waals surface area (Å²) in [5.41, 5.74) is 1.18. The van der Waals surface area contributed by atoms with Gasteiger partial charge in [-0.15, -0.1) is 11.3 Å². The molecule has 5 heteroatoms. The van der Waals surface area contributed by atoms with Gasteiger partial charge in [-0.05, 0) is 6.42 Å². The van der Waals surface area contributed by atoms with E-state index < -0.39 is 0 Å². The first-order valence-electron chi connectivity index (χ1n) is 5.00. The molecule has 2 rings (SSSR count). The lowest BCUT2D eigenvalue weighted by atomic mass is 10.3. The fourth-order valence-electron chi connectivity index (χ4n) is 1.30. The Morgan fingerprint density at radius 3 is 3.00 bits per heavy atom. The second-order valence-corrected chi connectivity index (χ2v) is 4.48. The molecule has 0 radical (unpaired) electrons. The van der Waals surface area contributed by atoms with Crippen molar-refractivity contribution in [1.29, 1.82) is 0 Å². The smallest absolute Gasteiger partial charge is 0.0925 e. The molecule has 15 heavy (non-hydrogen) atoms. The normalized spacial score (nSPS) is 10.7. The van der Waals surface area contributed by atoms with Crippen LogP contribution in [-0.4, -0.2) is 15.2 Å². The van der Waals surface area contributed by atoms with Crippen LogP contribution in [0.25, 0.3) is 0 Å². The Labute approximate surface area is 92.8 Å². The van der Waals surface area contributed by atoms with Gasteiger partial charge in [0.25, 0.3) is 0 Å². The minimum Gasteiger partial charge on any atom is -0.308 e. The van der Waals surface area contributed by atoms with E-state index in [2.05, 4.69) is 27.4 Å². The third-order valence-electron chi connectivity index (χ3n) is 2.09. The Bertz CT molecular complexity index is 393. The number of nitrogens with zero attached hydrogens (tertiary/aromatic N) is 2. The highest BCUT2D eigenvalue weighted by molar-refractivity contribution is 7.11. The fraction of sp³-hybridized carbons (Fsp3) is 0.400. The van der Waals surface area contributed by atoms with E-state index >= 15 is 0 Å². The summed E-state index contributed by atoms with van der Waals surface area (Å²) in [6.45, 7) is 3.85. The molecule has 4 nitrogen and oxygen atoms in total. The lowest BCUT2D eigenvalue weighted by Crippen LogP contribution is -2.11. The molecule has 2 aromatic heterocycles. The molecule has 80 valence electrons. The lowest BCUT2D eigenvalue weighted by Gasteiger charge is -1.98. The maximum absolute atomic E-state index is 4.31. The summed E-state index contributed by atoms with van der Waals surface area (Å²) in [5.74, 6) is 0. The lowest BCUT2D eigenvalue weighted by molar-refractivity contribution is 0.700. The minimum absolute atomic E-state index is 0.843. The highest BCUT2D eigenvalue weighted by atomic mass is 32.1. The summed E-state index contributed by atoms with van der Waals surface area (Å²) in [5, 5.41) is 11.2. The average Bonchev–Trinajstić information content (AvgIpc) is 2.88. The minimum atomic E-state index is 0.843. The maximum atomic E-state index is 4.31. The van der Waals surface area contributed by atoms with Gasteiger partial charge in [0.15, 0.2) is 0 Å². The number of aromatic nitrogens is 3. The Morgan fingerprint density at radius 2 is 2.33 bits per heavy atom. The Kier molecular flexibility index (Phi) is 3.47. The number of nitrogens with one attached hydrogen (secondary N) is 2. The molecule has 0 atom stereocenters. The molecule has 0 fully saturated rings. The Hall–Kier alpha value is -1.20. The number of aromatic amines is 1. The van der Waals surface area contributed by atoms with Crippen molar-refractivity contribution < 1.29 is 0 Å². The van der Waals surface area contributed by atoms with E-state index in [1.54, 1.807) is 11.3 Å². The van der Waals surface area contributed by atoms with E-state index in [4.69, 9.17) is 0 Å². The van der Waals surface area contributed by atoms with Crippen molar-refractivity contribution in [3.8, 4) is 0 Å². The number of H-pyrrole nitrogens is 1. The first-order valence-corrected chi connectivity index (χ1v) is 5.82. The highest BCUT2D eigenvalue weighted by Crippen LogP contribution is 2.12. The van der Waals surface area contributed by atoms with Crippen molar-refractivity contribution in [1.82, 2.24) is 20.5 Å². The van der Waals surface area contributed by atoms with Crippen LogP contribution in [0.15, 0.2) is 18.6 Å². The van der Waals surface area contributed by atoms with E-state index in [-0.39, 0.29) is 0 Å². The van der Waals surface area contributed by atoms with Gasteiger partial charge in [-0.2, -0.15) is 5.10 Å². The van der Waals surface area contributed by atoms with E-state index in [1.165, 1.54) is 15.4 Å². The van der Waals surface area contributed by atoms with Crippen molar-refractivity contribution in [2.75, 3.05) is 0 Å². The molecule has 0 unspecified atom stereocenters. The van der Waals surface area contributed by atoms with Crippen LogP contribution in [0.5, 0.6) is 0 Å². The summed E-state index contributed by atoms with van der Waals surface area (Å²) in [7, 11) is 0. The van der Waals surface area contributed by atoms with Gasteiger partial charge < -0.3 is 5.32 Å². The van der Waals surface area contributed by atoms with Gasteiger partial charge in [0.1, 0.15) is 0 Å². The van der Waals surface area contributed by atoms with E-state index in [9.17, 15) is 0 Å². The van der Waals surface area contributed by atoms with Crippen LogP contribution in [0.2, 0.25) is 0 Å². The van der Waals surface area contributed by atoms with Crippen LogP contribution >= 0.6 is 11.3 Å². The third kappa shape index (κ3) is 2.87. The first kappa shape index (κ1) is 10.3. The molecule has 0 aliphatic carbocycles. The molecule has 0 spiro atoms. The van der Waals surface area contributed by atoms with Gasteiger partial charge in [0.05, 0.1) is 11.2 Å². The van der Waals surface area contributed by atoms with Crippen LogP contribution in [-0.2, 0) is 19.5 Å². The zero-order chi connectivity index (χ0) is 10.5. The summed E-state index contributed by atoms with van der Waals surface area (Å²) in [6, 6.07) is 0. The van der Waals surface area contributed by atoms with Gasteiger partial charge in [0.2, 0.25) is 0 Å². The molecule has 0 aliphatic rings. The quantitative estimate of drug-likeness (QED) is 0.810. The molecule has 0 saturated heterocycles. The van der Waals surface area contributed by atoms with Gasteiger partial charge >= 0.3 is 0 Å². The first-order chi connectivity index (χ1) is 7.38. The molecule has 0 aliphatic heterocycles. The molecule has 2 N–H and O–H groups in total.